The van der Waals surface area contributed by atoms with E-state index in [9.17, 15) is 0 Å². The molecule has 2 aliphatic heterocycles. The Morgan fingerprint density at radius 2 is 2.21 bits per heavy atom. The highest BCUT2D eigenvalue weighted by molar-refractivity contribution is 5.11. The monoisotopic (exact) mass is 190 g/mol. The Hall–Kier alpha value is -1.00. The maximum atomic E-state index is 6.00. The number of hydrogen-bond donors (Lipinski definition) is 1. The second-order valence-electron chi connectivity index (χ2n) is 4.32. The minimum atomic E-state index is 0.416. The van der Waals surface area contributed by atoms with E-state index < -0.39 is 0 Å². The van der Waals surface area contributed by atoms with Crippen LogP contribution in [0.3, 0.4) is 0 Å². The first-order valence-electron chi connectivity index (χ1n) is 5.08. The third-order valence-electron chi connectivity index (χ3n) is 3.47. The molecule has 0 spiro atoms. The Balaban J connectivity index is 1.69. The van der Waals surface area contributed by atoms with Crippen LogP contribution >= 0.6 is 0 Å². The fourth-order valence-electron chi connectivity index (χ4n) is 2.60. The molecule has 1 aromatic heterocycles. The van der Waals surface area contributed by atoms with Crippen LogP contribution in [0.15, 0.2) is 18.7 Å². The Morgan fingerprint density at radius 3 is 2.79 bits per heavy atom. The largest absolute Gasteiger partial charge is 0.326 e. The first kappa shape index (κ1) is 8.32. The summed E-state index contributed by atoms with van der Waals surface area (Å²) in [6.45, 7) is 2.11. The van der Waals surface area contributed by atoms with Crippen molar-refractivity contribution < 1.29 is 0 Å². The lowest BCUT2D eigenvalue weighted by Crippen LogP contribution is -2.49. The van der Waals surface area contributed by atoms with Gasteiger partial charge < -0.3 is 5.73 Å². The molecule has 2 bridgehead atoms. The van der Waals surface area contributed by atoms with Crippen LogP contribution in [0, 0.1) is 5.92 Å². The summed E-state index contributed by atoms with van der Waals surface area (Å²) in [6.07, 6.45) is 6.62. The van der Waals surface area contributed by atoms with Gasteiger partial charge in [0.15, 0.2) is 0 Å². The third-order valence-corrected chi connectivity index (χ3v) is 3.47. The molecule has 3 atom stereocenters. The molecule has 4 nitrogen and oxygen atoms in total. The molecule has 0 amide bonds. The first-order chi connectivity index (χ1) is 6.84. The smallest absolute Gasteiger partial charge is 0.115 e. The van der Waals surface area contributed by atoms with Crippen molar-refractivity contribution in [3.8, 4) is 0 Å². The van der Waals surface area contributed by atoms with E-state index in [-0.39, 0.29) is 0 Å². The van der Waals surface area contributed by atoms with E-state index in [2.05, 4.69) is 14.9 Å². The van der Waals surface area contributed by atoms with Crippen molar-refractivity contribution in [3.63, 3.8) is 0 Å². The molecule has 3 heterocycles. The molecule has 3 unspecified atom stereocenters. The number of nitrogens with zero attached hydrogens (tertiary/aromatic N) is 3. The minimum absolute atomic E-state index is 0.416. The lowest BCUT2D eigenvalue weighted by Gasteiger charge is -2.33. The number of aromatic nitrogens is 2. The fourth-order valence-corrected chi connectivity index (χ4v) is 2.60. The molecule has 3 fully saturated rings. The van der Waals surface area contributed by atoms with Gasteiger partial charge in [-0.15, -0.1) is 0 Å². The van der Waals surface area contributed by atoms with Crippen molar-refractivity contribution in [3.05, 3.63) is 24.3 Å². The second kappa shape index (κ2) is 3.00. The predicted octanol–water partition coefficient (Wildman–Crippen LogP) is 0.00800. The van der Waals surface area contributed by atoms with E-state index in [1.807, 2.05) is 12.4 Å². The number of nitrogens with two attached hydrogens (primary N) is 1. The highest BCUT2D eigenvalue weighted by Gasteiger charge is 2.49. The molecule has 4 heteroatoms. The van der Waals surface area contributed by atoms with E-state index in [0.717, 1.165) is 19.0 Å². The lowest BCUT2D eigenvalue weighted by atomic mass is 9.81. The van der Waals surface area contributed by atoms with Gasteiger partial charge in [-0.25, -0.2) is 9.97 Å². The lowest BCUT2D eigenvalue weighted by molar-refractivity contribution is 0.208. The van der Waals surface area contributed by atoms with Gasteiger partial charge in [0.1, 0.15) is 6.33 Å². The maximum Gasteiger partial charge on any atom is 0.115 e. The van der Waals surface area contributed by atoms with E-state index in [0.29, 0.717) is 12.1 Å². The molecule has 0 radical (unpaired) electrons. The topological polar surface area (TPSA) is 55.0 Å². The van der Waals surface area contributed by atoms with Gasteiger partial charge in [0.25, 0.3) is 0 Å². The first-order valence-corrected chi connectivity index (χ1v) is 5.08. The van der Waals surface area contributed by atoms with Crippen LogP contribution in [0.25, 0.3) is 0 Å². The Labute approximate surface area is 83.1 Å². The van der Waals surface area contributed by atoms with Gasteiger partial charge in [0.2, 0.25) is 0 Å². The quantitative estimate of drug-likeness (QED) is 0.713. The summed E-state index contributed by atoms with van der Waals surface area (Å²) in [5.41, 5.74) is 7.19. The Morgan fingerprint density at radius 1 is 1.43 bits per heavy atom. The zero-order valence-electron chi connectivity index (χ0n) is 8.00. The zero-order chi connectivity index (χ0) is 9.54. The summed E-state index contributed by atoms with van der Waals surface area (Å²) in [4.78, 5) is 10.5. The van der Waals surface area contributed by atoms with Gasteiger partial charge >= 0.3 is 0 Å². The summed E-state index contributed by atoms with van der Waals surface area (Å²) in [5, 5.41) is 0. The molecule has 4 rings (SSSR count). The molecule has 74 valence electrons. The van der Waals surface area contributed by atoms with E-state index in [1.54, 1.807) is 6.33 Å². The molecular formula is C10H14N4. The van der Waals surface area contributed by atoms with Crippen LogP contribution in [0.4, 0.5) is 0 Å². The Kier molecular flexibility index (Phi) is 1.78. The maximum absolute atomic E-state index is 6.00. The number of hydrogen-bond acceptors (Lipinski definition) is 4. The van der Waals surface area contributed by atoms with Gasteiger partial charge in [0, 0.05) is 43.1 Å². The molecule has 1 aromatic rings. The molecule has 1 aliphatic carbocycles. The van der Waals surface area contributed by atoms with Gasteiger partial charge in [0.05, 0.1) is 0 Å². The summed E-state index contributed by atoms with van der Waals surface area (Å²) in [5.74, 6) is 0.740. The summed E-state index contributed by atoms with van der Waals surface area (Å²) in [6, 6.07) is 1.03. The average molecular weight is 190 g/mol. The summed E-state index contributed by atoms with van der Waals surface area (Å²) < 4.78 is 0. The van der Waals surface area contributed by atoms with Gasteiger partial charge in [-0.3, -0.25) is 4.90 Å². The van der Waals surface area contributed by atoms with Crippen LogP contribution in [-0.2, 0) is 6.54 Å². The fraction of sp³-hybridized carbons (Fsp3) is 0.600. The van der Waals surface area contributed by atoms with Crippen LogP contribution in [-0.4, -0.2) is 33.5 Å². The van der Waals surface area contributed by atoms with Crippen molar-refractivity contribution in [1.29, 1.82) is 0 Å². The van der Waals surface area contributed by atoms with Crippen molar-refractivity contribution in [1.82, 2.24) is 14.9 Å². The van der Waals surface area contributed by atoms with Crippen LogP contribution in [0.2, 0.25) is 0 Å². The predicted molar refractivity (Wildman–Crippen MR) is 52.3 cm³/mol. The van der Waals surface area contributed by atoms with Crippen molar-refractivity contribution in [2.75, 3.05) is 6.54 Å². The van der Waals surface area contributed by atoms with Crippen LogP contribution in [0.1, 0.15) is 12.0 Å². The van der Waals surface area contributed by atoms with Crippen molar-refractivity contribution in [2.24, 2.45) is 11.7 Å². The molecule has 14 heavy (non-hydrogen) atoms. The normalized spacial score (nSPS) is 35.6. The average Bonchev–Trinajstić information content (AvgIpc) is 2.75. The van der Waals surface area contributed by atoms with Crippen LogP contribution < -0.4 is 5.73 Å². The molecular weight excluding hydrogens is 176 g/mol. The highest BCUT2D eigenvalue weighted by atomic mass is 15.2. The third kappa shape index (κ3) is 1.14. The zero-order valence-corrected chi connectivity index (χ0v) is 8.00. The van der Waals surface area contributed by atoms with Gasteiger partial charge in [-0.1, -0.05) is 0 Å². The van der Waals surface area contributed by atoms with E-state index in [1.165, 1.54) is 12.0 Å². The molecule has 2 N–H and O–H groups in total. The van der Waals surface area contributed by atoms with Gasteiger partial charge in [-0.2, -0.15) is 0 Å². The van der Waals surface area contributed by atoms with E-state index >= 15 is 0 Å². The molecule has 3 aliphatic rings. The van der Waals surface area contributed by atoms with E-state index in [4.69, 9.17) is 5.73 Å². The standard InChI is InChI=1S/C10H14N4/c11-10-8-1-9(10)14(5-8)4-7-2-12-6-13-3-7/h2-3,6,8-10H,1,4-5,11H2. The Bertz CT molecular complexity index is 326. The number of fused-ring (bicyclic) bond motifs is 1. The van der Waals surface area contributed by atoms with Crippen molar-refractivity contribution in [2.45, 2.75) is 25.0 Å². The van der Waals surface area contributed by atoms with Crippen molar-refractivity contribution >= 4 is 0 Å². The second-order valence-corrected chi connectivity index (χ2v) is 4.32. The van der Waals surface area contributed by atoms with Gasteiger partial charge in [-0.05, 0) is 12.3 Å². The minimum Gasteiger partial charge on any atom is -0.326 e. The van der Waals surface area contributed by atoms with Crippen LogP contribution in [0.5, 0.6) is 0 Å². The SMILES string of the molecule is NC1C2CC1N(Cc1cncnc1)C2. The summed E-state index contributed by atoms with van der Waals surface area (Å²) >= 11 is 0. The molecule has 1 saturated carbocycles. The molecule has 2 saturated heterocycles. The molecule has 0 aromatic carbocycles. The highest BCUT2D eigenvalue weighted by Crippen LogP contribution is 2.40. The number of rotatable bonds is 2. The summed E-state index contributed by atoms with van der Waals surface area (Å²) in [7, 11) is 0.